The highest BCUT2D eigenvalue weighted by Gasteiger charge is 2.45. The van der Waals surface area contributed by atoms with Gasteiger partial charge in [-0.1, -0.05) is 43.0 Å². The summed E-state index contributed by atoms with van der Waals surface area (Å²) >= 11 is 3.35. The fraction of sp³-hybridized carbons (Fsp3) is 0.185. The summed E-state index contributed by atoms with van der Waals surface area (Å²) < 4.78 is 0.816. The minimum atomic E-state index is -0.712. The van der Waals surface area contributed by atoms with Crippen molar-refractivity contribution in [2.24, 2.45) is 5.92 Å². The van der Waals surface area contributed by atoms with Crippen LogP contribution in [0.25, 0.3) is 0 Å². The van der Waals surface area contributed by atoms with E-state index in [0.29, 0.717) is 35.6 Å². The lowest BCUT2D eigenvalue weighted by Gasteiger charge is -2.40. The molecule has 3 unspecified atom stereocenters. The van der Waals surface area contributed by atoms with Crippen molar-refractivity contribution in [3.8, 4) is 0 Å². The molecule has 3 aromatic rings. The largest absolute Gasteiger partial charge is 0.362 e. The van der Waals surface area contributed by atoms with Crippen LogP contribution in [0, 0.1) is 5.92 Å². The van der Waals surface area contributed by atoms with E-state index < -0.39 is 11.8 Å². The van der Waals surface area contributed by atoms with Crippen LogP contribution < -0.4 is 10.6 Å². The van der Waals surface area contributed by atoms with Gasteiger partial charge in [0.15, 0.2) is 5.78 Å². The van der Waals surface area contributed by atoms with Gasteiger partial charge < -0.3 is 10.6 Å². The van der Waals surface area contributed by atoms with Crippen molar-refractivity contribution >= 4 is 33.4 Å². The predicted octanol–water partition coefficient (Wildman–Crippen LogP) is 5.10. The van der Waals surface area contributed by atoms with Crippen molar-refractivity contribution in [1.82, 2.24) is 15.3 Å². The number of anilines is 1. The zero-order valence-electron chi connectivity index (χ0n) is 18.4. The first-order valence-corrected chi connectivity index (χ1v) is 11.9. The molecule has 0 bridgehead atoms. The highest BCUT2D eigenvalue weighted by atomic mass is 79.9. The maximum atomic E-state index is 13.6. The van der Waals surface area contributed by atoms with Crippen LogP contribution in [0.15, 0.2) is 101 Å². The van der Waals surface area contributed by atoms with Gasteiger partial charge in [0.2, 0.25) is 5.91 Å². The minimum absolute atomic E-state index is 0.0327. The quantitative estimate of drug-likeness (QED) is 0.506. The van der Waals surface area contributed by atoms with Crippen LogP contribution >= 0.6 is 15.9 Å². The van der Waals surface area contributed by atoms with Gasteiger partial charge in [0.1, 0.15) is 5.82 Å². The highest BCUT2D eigenvalue weighted by molar-refractivity contribution is 9.10. The van der Waals surface area contributed by atoms with E-state index in [2.05, 4.69) is 55.2 Å². The SMILES string of the molecule is C=C1NC2=C(C(=O)CC(c3ccccc3)C2)C(c2ccccn2)C1C(=O)Nc1ccc(Br)cn1. The van der Waals surface area contributed by atoms with Gasteiger partial charge in [0.25, 0.3) is 0 Å². The lowest BCUT2D eigenvalue weighted by atomic mass is 9.70. The molecule has 5 rings (SSSR count). The van der Waals surface area contributed by atoms with Crippen molar-refractivity contribution in [3.63, 3.8) is 0 Å². The average molecular weight is 515 g/mol. The molecule has 1 amide bonds. The number of allylic oxidation sites excluding steroid dienone is 2. The lowest BCUT2D eigenvalue weighted by Crippen LogP contribution is -2.43. The third-order valence-electron chi connectivity index (χ3n) is 6.38. The molecule has 2 aliphatic rings. The summed E-state index contributed by atoms with van der Waals surface area (Å²) in [4.78, 5) is 35.8. The van der Waals surface area contributed by atoms with E-state index in [-0.39, 0.29) is 17.6 Å². The third-order valence-corrected chi connectivity index (χ3v) is 6.85. The van der Waals surface area contributed by atoms with Crippen LogP contribution in [0.1, 0.15) is 35.9 Å². The van der Waals surface area contributed by atoms with Gasteiger partial charge >= 0.3 is 0 Å². The van der Waals surface area contributed by atoms with Crippen LogP contribution in [0.5, 0.6) is 0 Å². The Hall–Kier alpha value is -3.58. The highest BCUT2D eigenvalue weighted by Crippen LogP contribution is 2.46. The Labute approximate surface area is 206 Å². The van der Waals surface area contributed by atoms with Crippen LogP contribution in [0.4, 0.5) is 5.82 Å². The zero-order chi connectivity index (χ0) is 23.7. The predicted molar refractivity (Wildman–Crippen MR) is 134 cm³/mol. The number of carbonyl (C=O) groups is 2. The number of hydrogen-bond donors (Lipinski definition) is 2. The Morgan fingerprint density at radius 3 is 2.53 bits per heavy atom. The summed E-state index contributed by atoms with van der Waals surface area (Å²) in [6, 6.07) is 19.1. The van der Waals surface area contributed by atoms with Gasteiger partial charge in [-0.25, -0.2) is 4.98 Å². The maximum absolute atomic E-state index is 13.6. The topological polar surface area (TPSA) is 84.0 Å². The van der Waals surface area contributed by atoms with E-state index in [1.54, 1.807) is 18.5 Å². The Bertz CT molecular complexity index is 1270. The molecule has 0 fully saturated rings. The number of aromatic nitrogens is 2. The Balaban J connectivity index is 1.53. The van der Waals surface area contributed by atoms with Crippen molar-refractivity contribution in [3.05, 3.63) is 112 Å². The fourth-order valence-corrected chi connectivity index (χ4v) is 5.09. The second-order valence-electron chi connectivity index (χ2n) is 8.54. The van der Waals surface area contributed by atoms with Gasteiger partial charge in [-0.05, 0) is 58.1 Å². The van der Waals surface area contributed by atoms with Crippen LogP contribution in [-0.2, 0) is 9.59 Å². The Morgan fingerprint density at radius 1 is 1.03 bits per heavy atom. The number of hydrogen-bond acceptors (Lipinski definition) is 5. The van der Waals surface area contributed by atoms with E-state index in [9.17, 15) is 9.59 Å². The first-order chi connectivity index (χ1) is 16.5. The zero-order valence-corrected chi connectivity index (χ0v) is 20.0. The first kappa shape index (κ1) is 22.2. The minimum Gasteiger partial charge on any atom is -0.362 e. The molecule has 6 nitrogen and oxygen atoms in total. The lowest BCUT2D eigenvalue weighted by molar-refractivity contribution is -0.120. The summed E-state index contributed by atoms with van der Waals surface area (Å²) in [7, 11) is 0. The summed E-state index contributed by atoms with van der Waals surface area (Å²) in [6.45, 7) is 4.19. The van der Waals surface area contributed by atoms with Gasteiger partial charge in [-0.3, -0.25) is 14.6 Å². The van der Waals surface area contributed by atoms with Crippen molar-refractivity contribution in [1.29, 1.82) is 0 Å². The number of pyridine rings is 2. The van der Waals surface area contributed by atoms with E-state index in [4.69, 9.17) is 0 Å². The molecule has 3 atom stereocenters. The van der Waals surface area contributed by atoms with Crippen molar-refractivity contribution in [2.75, 3.05) is 5.32 Å². The van der Waals surface area contributed by atoms with Crippen molar-refractivity contribution in [2.45, 2.75) is 24.7 Å². The summed E-state index contributed by atoms with van der Waals surface area (Å²) in [5.41, 5.74) is 3.81. The van der Waals surface area contributed by atoms with E-state index in [1.165, 1.54) is 0 Å². The average Bonchev–Trinajstić information content (AvgIpc) is 2.85. The molecule has 1 aliphatic carbocycles. The number of carbonyl (C=O) groups excluding carboxylic acids is 2. The Morgan fingerprint density at radius 2 is 1.82 bits per heavy atom. The van der Waals surface area contributed by atoms with Crippen LogP contribution in [0.2, 0.25) is 0 Å². The van der Waals surface area contributed by atoms with Crippen molar-refractivity contribution < 1.29 is 9.59 Å². The molecule has 0 saturated heterocycles. The Kier molecular flexibility index (Phi) is 6.11. The molecule has 7 heteroatoms. The number of rotatable bonds is 4. The molecule has 0 radical (unpaired) electrons. The first-order valence-electron chi connectivity index (χ1n) is 11.1. The van der Waals surface area contributed by atoms with Crippen LogP contribution in [-0.4, -0.2) is 21.7 Å². The summed E-state index contributed by atoms with van der Waals surface area (Å²) in [6.07, 6.45) is 4.37. The van der Waals surface area contributed by atoms with E-state index in [1.807, 2.05) is 42.5 Å². The monoisotopic (exact) mass is 514 g/mol. The second kappa shape index (κ2) is 9.35. The van der Waals surface area contributed by atoms with Gasteiger partial charge in [0.05, 0.1) is 5.92 Å². The van der Waals surface area contributed by atoms with Gasteiger partial charge in [0, 0.05) is 51.9 Å². The molecule has 2 N–H and O–H groups in total. The third kappa shape index (κ3) is 4.31. The van der Waals surface area contributed by atoms with Gasteiger partial charge in [-0.15, -0.1) is 0 Å². The molecular weight excluding hydrogens is 492 g/mol. The maximum Gasteiger partial charge on any atom is 0.235 e. The molecule has 0 spiro atoms. The molecule has 1 aromatic carbocycles. The molecular formula is C27H23BrN4O2. The molecule has 0 saturated carbocycles. The number of nitrogens with zero attached hydrogens (tertiary/aromatic N) is 2. The van der Waals surface area contributed by atoms with Gasteiger partial charge in [-0.2, -0.15) is 0 Å². The smallest absolute Gasteiger partial charge is 0.235 e. The fourth-order valence-electron chi connectivity index (χ4n) is 4.85. The number of amides is 1. The van der Waals surface area contributed by atoms with E-state index in [0.717, 1.165) is 15.7 Å². The number of Topliss-reactive ketones (excluding diaryl/α,β-unsaturated/α-hetero) is 1. The molecule has 170 valence electrons. The molecule has 3 heterocycles. The number of nitrogens with one attached hydrogen (secondary N) is 2. The second-order valence-corrected chi connectivity index (χ2v) is 9.46. The normalized spacial score (nSPS) is 22.1. The molecule has 1 aliphatic heterocycles. The number of ketones is 1. The molecule has 2 aromatic heterocycles. The van der Waals surface area contributed by atoms with Crippen LogP contribution in [0.3, 0.4) is 0 Å². The summed E-state index contributed by atoms with van der Waals surface area (Å²) in [5, 5.41) is 6.20. The number of halogens is 1. The number of benzene rings is 1. The van der Waals surface area contributed by atoms with E-state index >= 15 is 0 Å². The molecule has 34 heavy (non-hydrogen) atoms. The summed E-state index contributed by atoms with van der Waals surface area (Å²) in [5.74, 6) is -0.979. The standard InChI is InChI=1S/C27H23BrN4O2/c1-16-24(27(34)32-23-11-10-19(28)15-30-23)26(20-9-5-6-12-29-20)25-21(31-16)13-18(14-22(25)33)17-7-3-2-4-8-17/h2-12,15,18,24,26,31H,1,13-14H2,(H,30,32,34).